The Morgan fingerprint density at radius 2 is 2.55 bits per heavy atom. The summed E-state index contributed by atoms with van der Waals surface area (Å²) in [4.78, 5) is 12.3. The fraction of sp³-hybridized carbons (Fsp3) is 0.286. The summed E-state index contributed by atoms with van der Waals surface area (Å²) in [5, 5.41) is 0. The van der Waals surface area contributed by atoms with E-state index >= 15 is 0 Å². The molecule has 4 heteroatoms. The number of rotatable bonds is 0. The van der Waals surface area contributed by atoms with Gasteiger partial charge in [0.1, 0.15) is 0 Å². The molecule has 0 radical (unpaired) electrons. The van der Waals surface area contributed by atoms with E-state index in [1.165, 1.54) is 12.0 Å². The first-order chi connectivity index (χ1) is 5.24. The number of hydrogen-bond acceptors (Lipinski definition) is 3. The monoisotopic (exact) mass is 154 g/mol. The molecule has 0 aromatic rings. The minimum atomic E-state index is -0.370. The maximum Gasteiger partial charge on any atom is 0.413 e. The number of nitrogens with two attached hydrogens (primary N) is 1. The second-order valence-corrected chi connectivity index (χ2v) is 2.14. The van der Waals surface area contributed by atoms with Crippen LogP contribution in [0.4, 0.5) is 4.79 Å². The molecule has 1 aliphatic rings. The highest BCUT2D eigenvalue weighted by molar-refractivity contribution is 5.69. The van der Waals surface area contributed by atoms with Gasteiger partial charge >= 0.3 is 6.09 Å². The number of allylic oxidation sites excluding steroid dienone is 1. The summed E-state index contributed by atoms with van der Waals surface area (Å²) < 4.78 is 4.49. The quantitative estimate of drug-likeness (QED) is 0.550. The van der Waals surface area contributed by atoms with E-state index in [9.17, 15) is 4.79 Å². The molecule has 1 rings (SSSR count). The molecule has 0 saturated heterocycles. The molecule has 0 saturated carbocycles. The second kappa shape index (κ2) is 3.09. The van der Waals surface area contributed by atoms with Crippen molar-refractivity contribution in [1.29, 1.82) is 0 Å². The van der Waals surface area contributed by atoms with Crippen molar-refractivity contribution in [3.05, 3.63) is 24.0 Å². The van der Waals surface area contributed by atoms with Crippen molar-refractivity contribution < 1.29 is 9.53 Å². The third-order valence-electron chi connectivity index (χ3n) is 1.38. The van der Waals surface area contributed by atoms with Crippen LogP contribution in [0.25, 0.3) is 0 Å². The van der Waals surface area contributed by atoms with Crippen molar-refractivity contribution in [3.8, 4) is 0 Å². The molecule has 1 amide bonds. The Kier molecular flexibility index (Phi) is 2.15. The van der Waals surface area contributed by atoms with Crippen LogP contribution in [0.5, 0.6) is 0 Å². The Balaban J connectivity index is 2.55. The van der Waals surface area contributed by atoms with Gasteiger partial charge in [0.15, 0.2) is 0 Å². The van der Waals surface area contributed by atoms with Crippen molar-refractivity contribution in [1.82, 2.24) is 4.90 Å². The highest BCUT2D eigenvalue weighted by atomic mass is 16.5. The van der Waals surface area contributed by atoms with Crippen molar-refractivity contribution in [2.75, 3.05) is 13.7 Å². The molecule has 0 aromatic carbocycles. The number of methoxy groups -OCH3 is 1. The molecule has 0 unspecified atom stereocenters. The fourth-order valence-electron chi connectivity index (χ4n) is 0.761. The first-order valence-corrected chi connectivity index (χ1v) is 3.22. The molecular formula is C7H10N2O2. The zero-order valence-corrected chi connectivity index (χ0v) is 6.28. The normalized spacial score (nSPS) is 16.1. The van der Waals surface area contributed by atoms with E-state index in [4.69, 9.17) is 5.73 Å². The van der Waals surface area contributed by atoms with Gasteiger partial charge in [-0.1, -0.05) is 0 Å². The third kappa shape index (κ3) is 1.73. The van der Waals surface area contributed by atoms with E-state index in [2.05, 4.69) is 4.74 Å². The lowest BCUT2D eigenvalue weighted by atomic mass is 10.3. The molecule has 0 fully saturated rings. The third-order valence-corrected chi connectivity index (χ3v) is 1.38. The molecule has 0 spiro atoms. The van der Waals surface area contributed by atoms with Crippen LogP contribution in [0.3, 0.4) is 0 Å². The van der Waals surface area contributed by atoms with Crippen LogP contribution < -0.4 is 5.73 Å². The van der Waals surface area contributed by atoms with Crippen LogP contribution in [-0.2, 0) is 4.74 Å². The van der Waals surface area contributed by atoms with Crippen LogP contribution in [-0.4, -0.2) is 24.6 Å². The predicted octanol–water partition coefficient (Wildman–Crippen LogP) is 0.425. The second-order valence-electron chi connectivity index (χ2n) is 2.14. The van der Waals surface area contributed by atoms with E-state index in [1.807, 2.05) is 0 Å². The van der Waals surface area contributed by atoms with Crippen molar-refractivity contribution in [2.45, 2.75) is 0 Å². The SMILES string of the molecule is COC(=O)N1C=CC(N)=CC1. The first-order valence-electron chi connectivity index (χ1n) is 3.22. The lowest BCUT2D eigenvalue weighted by Gasteiger charge is -2.17. The molecular weight excluding hydrogens is 144 g/mol. The van der Waals surface area contributed by atoms with Crippen molar-refractivity contribution in [3.63, 3.8) is 0 Å². The molecule has 0 aliphatic carbocycles. The Morgan fingerprint density at radius 1 is 1.82 bits per heavy atom. The molecule has 0 bridgehead atoms. The van der Waals surface area contributed by atoms with Crippen molar-refractivity contribution in [2.24, 2.45) is 5.73 Å². The van der Waals surface area contributed by atoms with Gasteiger partial charge in [0, 0.05) is 18.4 Å². The van der Waals surface area contributed by atoms with Gasteiger partial charge in [0.05, 0.1) is 7.11 Å². The summed E-state index contributed by atoms with van der Waals surface area (Å²) in [5.41, 5.74) is 6.11. The number of hydrogen-bond donors (Lipinski definition) is 1. The topological polar surface area (TPSA) is 55.6 Å². The zero-order chi connectivity index (χ0) is 8.27. The smallest absolute Gasteiger partial charge is 0.413 e. The molecule has 2 N–H and O–H groups in total. The van der Waals surface area contributed by atoms with Gasteiger partial charge in [-0.25, -0.2) is 4.79 Å². The van der Waals surface area contributed by atoms with E-state index in [0.717, 1.165) is 0 Å². The van der Waals surface area contributed by atoms with Gasteiger partial charge in [0.2, 0.25) is 0 Å². The highest BCUT2D eigenvalue weighted by Gasteiger charge is 2.10. The highest BCUT2D eigenvalue weighted by Crippen LogP contribution is 2.03. The van der Waals surface area contributed by atoms with Gasteiger partial charge in [-0.15, -0.1) is 0 Å². The van der Waals surface area contributed by atoms with Crippen LogP contribution in [0, 0.1) is 0 Å². The minimum absolute atomic E-state index is 0.370. The molecule has 1 aliphatic heterocycles. The number of nitrogens with zero attached hydrogens (tertiary/aromatic N) is 1. The summed E-state index contributed by atoms with van der Waals surface area (Å²) in [5.74, 6) is 0. The molecule has 60 valence electrons. The van der Waals surface area contributed by atoms with Crippen LogP contribution >= 0.6 is 0 Å². The van der Waals surface area contributed by atoms with Crippen LogP contribution in [0.1, 0.15) is 0 Å². The van der Waals surface area contributed by atoms with Gasteiger partial charge in [0.25, 0.3) is 0 Å². The van der Waals surface area contributed by atoms with Gasteiger partial charge < -0.3 is 10.5 Å². The summed E-state index contributed by atoms with van der Waals surface area (Å²) in [6.07, 6.45) is 4.63. The molecule has 1 heterocycles. The Hall–Kier alpha value is -1.45. The first kappa shape index (κ1) is 7.65. The summed E-state index contributed by atoms with van der Waals surface area (Å²) in [6.45, 7) is 0.481. The number of ether oxygens (including phenoxy) is 1. The summed E-state index contributed by atoms with van der Waals surface area (Å²) >= 11 is 0. The maximum atomic E-state index is 10.9. The van der Waals surface area contributed by atoms with E-state index in [1.54, 1.807) is 18.4 Å². The molecule has 0 aromatic heterocycles. The molecule has 0 atom stereocenters. The maximum absolute atomic E-state index is 10.9. The number of carbonyl (C=O) groups excluding carboxylic acids is 1. The van der Waals surface area contributed by atoms with Crippen LogP contribution in [0.2, 0.25) is 0 Å². The van der Waals surface area contributed by atoms with Gasteiger partial charge in [-0.2, -0.15) is 0 Å². The largest absolute Gasteiger partial charge is 0.452 e. The van der Waals surface area contributed by atoms with Crippen molar-refractivity contribution >= 4 is 6.09 Å². The number of carbonyl (C=O) groups is 1. The van der Waals surface area contributed by atoms with Gasteiger partial charge in [-0.3, -0.25) is 4.90 Å². The van der Waals surface area contributed by atoms with E-state index in [-0.39, 0.29) is 6.09 Å². The Labute approximate surface area is 64.9 Å². The summed E-state index contributed by atoms with van der Waals surface area (Å²) in [6, 6.07) is 0. The lowest BCUT2D eigenvalue weighted by molar-refractivity contribution is 0.143. The Bertz CT molecular complexity index is 220. The van der Waals surface area contributed by atoms with Gasteiger partial charge in [-0.05, 0) is 12.2 Å². The Morgan fingerprint density at radius 3 is 3.00 bits per heavy atom. The van der Waals surface area contributed by atoms with E-state index in [0.29, 0.717) is 12.2 Å². The van der Waals surface area contributed by atoms with Crippen LogP contribution in [0.15, 0.2) is 24.0 Å². The zero-order valence-electron chi connectivity index (χ0n) is 6.28. The molecule has 11 heavy (non-hydrogen) atoms. The fourth-order valence-corrected chi connectivity index (χ4v) is 0.761. The predicted molar refractivity (Wildman–Crippen MR) is 40.5 cm³/mol. The number of amides is 1. The average Bonchev–Trinajstić information content (AvgIpc) is 2.05. The van der Waals surface area contributed by atoms with E-state index < -0.39 is 0 Å². The average molecular weight is 154 g/mol. The molecule has 4 nitrogen and oxygen atoms in total. The minimum Gasteiger partial charge on any atom is -0.452 e. The summed E-state index contributed by atoms with van der Waals surface area (Å²) in [7, 11) is 1.35. The lowest BCUT2D eigenvalue weighted by Crippen LogP contribution is -2.28. The standard InChI is InChI=1S/C7H10N2O2/c1-11-7(10)9-4-2-6(8)3-5-9/h2-4H,5,8H2,1H3.